The van der Waals surface area contributed by atoms with Crippen molar-refractivity contribution in [2.45, 2.75) is 19.4 Å². The zero-order valence-corrected chi connectivity index (χ0v) is 11.3. The van der Waals surface area contributed by atoms with E-state index in [1.807, 2.05) is 18.2 Å². The molecule has 102 valence electrons. The van der Waals surface area contributed by atoms with E-state index in [0.29, 0.717) is 6.54 Å². The van der Waals surface area contributed by atoms with Gasteiger partial charge in [0, 0.05) is 25.7 Å². The first-order valence-corrected chi connectivity index (χ1v) is 6.45. The third kappa shape index (κ3) is 3.98. The number of benzene rings is 1. The molecule has 1 aromatic rings. The molecule has 0 aromatic heterocycles. The first kappa shape index (κ1) is 15.0. The Balaban J connectivity index is 2.84. The van der Waals surface area contributed by atoms with E-state index in [2.05, 4.69) is 17.9 Å². The van der Waals surface area contributed by atoms with Gasteiger partial charge in [0.25, 0.3) is 0 Å². The second-order valence-electron chi connectivity index (χ2n) is 4.23. The van der Waals surface area contributed by atoms with E-state index in [-0.39, 0.29) is 12.6 Å². The summed E-state index contributed by atoms with van der Waals surface area (Å²) in [5.41, 5.74) is 7.06. The summed E-state index contributed by atoms with van der Waals surface area (Å²) in [4.78, 5) is 2.28. The number of likely N-dealkylation sites (N-methyl/N-ethyl adjacent to an activating group) is 1. The highest BCUT2D eigenvalue weighted by Gasteiger charge is 2.17. The maximum atomic E-state index is 8.94. The van der Waals surface area contributed by atoms with Crippen molar-refractivity contribution in [2.75, 3.05) is 33.4 Å². The molecule has 1 unspecified atom stereocenters. The summed E-state index contributed by atoms with van der Waals surface area (Å²) >= 11 is 0. The second kappa shape index (κ2) is 8.08. The highest BCUT2D eigenvalue weighted by atomic mass is 16.5. The topological polar surface area (TPSA) is 58.7 Å². The maximum Gasteiger partial charge on any atom is 0.119 e. The second-order valence-corrected chi connectivity index (χ2v) is 4.23. The minimum atomic E-state index is 0.177. The fourth-order valence-corrected chi connectivity index (χ4v) is 2.15. The highest BCUT2D eigenvalue weighted by Crippen LogP contribution is 2.23. The lowest BCUT2D eigenvalue weighted by atomic mass is 10.0. The van der Waals surface area contributed by atoms with Gasteiger partial charge in [-0.15, -0.1) is 0 Å². The van der Waals surface area contributed by atoms with E-state index in [0.717, 1.165) is 30.8 Å². The number of ether oxygens (including phenoxy) is 1. The first-order chi connectivity index (χ1) is 8.76. The molecular weight excluding hydrogens is 228 g/mol. The summed E-state index contributed by atoms with van der Waals surface area (Å²) in [6.07, 6.45) is 0.772. The standard InChI is InChI=1S/C14H24N2O2/c1-3-16(8-5-9-17)14(11-15)12-6-4-7-13(10-12)18-2/h4,6-7,10,14,17H,3,5,8-9,11,15H2,1-2H3. The van der Waals surface area contributed by atoms with E-state index in [9.17, 15) is 0 Å². The molecule has 0 radical (unpaired) electrons. The van der Waals surface area contributed by atoms with Crippen LogP contribution in [0.1, 0.15) is 24.9 Å². The number of aliphatic hydroxyl groups is 1. The Bertz CT molecular complexity index is 344. The maximum absolute atomic E-state index is 8.94. The number of methoxy groups -OCH3 is 1. The Morgan fingerprint density at radius 3 is 2.78 bits per heavy atom. The third-order valence-corrected chi connectivity index (χ3v) is 3.15. The van der Waals surface area contributed by atoms with Crippen LogP contribution in [0.15, 0.2) is 24.3 Å². The average Bonchev–Trinajstić information content (AvgIpc) is 2.43. The van der Waals surface area contributed by atoms with Gasteiger partial charge in [-0.25, -0.2) is 0 Å². The molecule has 0 heterocycles. The monoisotopic (exact) mass is 252 g/mol. The van der Waals surface area contributed by atoms with Crippen LogP contribution in [0.4, 0.5) is 0 Å². The lowest BCUT2D eigenvalue weighted by Gasteiger charge is -2.30. The molecule has 18 heavy (non-hydrogen) atoms. The van der Waals surface area contributed by atoms with Gasteiger partial charge in [-0.2, -0.15) is 0 Å². The largest absolute Gasteiger partial charge is 0.497 e. The summed E-state index contributed by atoms with van der Waals surface area (Å²) < 4.78 is 5.24. The first-order valence-electron chi connectivity index (χ1n) is 6.45. The Morgan fingerprint density at radius 2 is 2.22 bits per heavy atom. The molecule has 0 bridgehead atoms. The van der Waals surface area contributed by atoms with Crippen LogP contribution in [0.5, 0.6) is 5.75 Å². The molecule has 4 heteroatoms. The van der Waals surface area contributed by atoms with Crippen LogP contribution >= 0.6 is 0 Å². The Kier molecular flexibility index (Phi) is 6.72. The zero-order chi connectivity index (χ0) is 13.4. The number of rotatable bonds is 8. The molecule has 0 aliphatic carbocycles. The molecular formula is C14H24N2O2. The molecule has 0 spiro atoms. The minimum absolute atomic E-state index is 0.177. The van der Waals surface area contributed by atoms with Crippen molar-refractivity contribution in [3.05, 3.63) is 29.8 Å². The number of hydrogen-bond donors (Lipinski definition) is 2. The quantitative estimate of drug-likeness (QED) is 0.734. The van der Waals surface area contributed by atoms with Crippen LogP contribution in [-0.2, 0) is 0 Å². The van der Waals surface area contributed by atoms with Crippen molar-refractivity contribution in [1.29, 1.82) is 0 Å². The normalized spacial score (nSPS) is 12.7. The molecule has 4 nitrogen and oxygen atoms in total. The molecule has 0 aliphatic heterocycles. The predicted octanol–water partition coefficient (Wildman–Crippen LogP) is 1.40. The number of aliphatic hydroxyl groups excluding tert-OH is 1. The highest BCUT2D eigenvalue weighted by molar-refractivity contribution is 5.30. The summed E-state index contributed by atoms with van der Waals surface area (Å²) in [7, 11) is 1.67. The van der Waals surface area contributed by atoms with Crippen LogP contribution in [0, 0.1) is 0 Å². The molecule has 3 N–H and O–H groups in total. The molecule has 0 fully saturated rings. The van der Waals surface area contributed by atoms with Gasteiger partial charge in [0.15, 0.2) is 0 Å². The number of nitrogens with two attached hydrogens (primary N) is 1. The summed E-state index contributed by atoms with van der Waals surface area (Å²) in [6.45, 7) is 4.66. The van der Waals surface area contributed by atoms with E-state index in [1.54, 1.807) is 7.11 Å². The van der Waals surface area contributed by atoms with Gasteiger partial charge in [-0.3, -0.25) is 4.90 Å². The van der Waals surface area contributed by atoms with Crippen molar-refractivity contribution >= 4 is 0 Å². The smallest absolute Gasteiger partial charge is 0.119 e. The van der Waals surface area contributed by atoms with E-state index < -0.39 is 0 Å². The van der Waals surface area contributed by atoms with Crippen LogP contribution in [0.2, 0.25) is 0 Å². The Labute approximate surface area is 109 Å². The van der Waals surface area contributed by atoms with Gasteiger partial charge in [-0.05, 0) is 30.7 Å². The molecule has 0 saturated heterocycles. The fourth-order valence-electron chi connectivity index (χ4n) is 2.15. The summed E-state index contributed by atoms with van der Waals surface area (Å²) in [5.74, 6) is 0.851. The Hall–Kier alpha value is -1.10. The van der Waals surface area contributed by atoms with Gasteiger partial charge in [0.2, 0.25) is 0 Å². The van der Waals surface area contributed by atoms with E-state index >= 15 is 0 Å². The van der Waals surface area contributed by atoms with Gasteiger partial charge in [0.05, 0.1) is 7.11 Å². The van der Waals surface area contributed by atoms with Crippen LogP contribution in [0.25, 0.3) is 0 Å². The van der Waals surface area contributed by atoms with Crippen molar-refractivity contribution in [1.82, 2.24) is 4.90 Å². The lowest BCUT2D eigenvalue weighted by molar-refractivity contribution is 0.185. The number of hydrogen-bond acceptors (Lipinski definition) is 4. The molecule has 0 amide bonds. The molecule has 1 atom stereocenters. The third-order valence-electron chi connectivity index (χ3n) is 3.15. The predicted molar refractivity (Wildman–Crippen MR) is 73.7 cm³/mol. The summed E-state index contributed by atoms with van der Waals surface area (Å²) in [6, 6.07) is 8.19. The SMILES string of the molecule is CCN(CCCO)C(CN)c1cccc(OC)c1. The van der Waals surface area contributed by atoms with Gasteiger partial charge >= 0.3 is 0 Å². The van der Waals surface area contributed by atoms with Crippen molar-refractivity contribution in [3.8, 4) is 5.75 Å². The van der Waals surface area contributed by atoms with Crippen LogP contribution in [0.3, 0.4) is 0 Å². The minimum Gasteiger partial charge on any atom is -0.497 e. The fraction of sp³-hybridized carbons (Fsp3) is 0.571. The van der Waals surface area contributed by atoms with Crippen molar-refractivity contribution < 1.29 is 9.84 Å². The van der Waals surface area contributed by atoms with Gasteiger partial charge < -0.3 is 15.6 Å². The van der Waals surface area contributed by atoms with E-state index in [1.165, 1.54) is 0 Å². The van der Waals surface area contributed by atoms with Gasteiger partial charge in [-0.1, -0.05) is 19.1 Å². The average molecular weight is 252 g/mol. The molecule has 1 rings (SSSR count). The Morgan fingerprint density at radius 1 is 1.44 bits per heavy atom. The lowest BCUT2D eigenvalue weighted by Crippen LogP contribution is -2.34. The van der Waals surface area contributed by atoms with Gasteiger partial charge in [0.1, 0.15) is 5.75 Å². The zero-order valence-electron chi connectivity index (χ0n) is 11.3. The number of nitrogens with zero attached hydrogens (tertiary/aromatic N) is 1. The van der Waals surface area contributed by atoms with E-state index in [4.69, 9.17) is 15.6 Å². The van der Waals surface area contributed by atoms with Crippen LogP contribution < -0.4 is 10.5 Å². The van der Waals surface area contributed by atoms with Crippen molar-refractivity contribution in [2.24, 2.45) is 5.73 Å². The molecule has 0 saturated carbocycles. The van der Waals surface area contributed by atoms with Crippen molar-refractivity contribution in [3.63, 3.8) is 0 Å². The summed E-state index contributed by atoms with van der Waals surface area (Å²) in [5, 5.41) is 8.94. The molecule has 1 aromatic carbocycles. The molecule has 0 aliphatic rings. The van der Waals surface area contributed by atoms with Crippen LogP contribution in [-0.4, -0.2) is 43.4 Å².